The molecule has 94 valence electrons. The highest BCUT2D eigenvalue weighted by Gasteiger charge is 2.02. The SMILES string of the molecule is CCCCOc1ccc(C(N)C=C(C)C)cc1. The fourth-order valence-corrected chi connectivity index (χ4v) is 1.58. The molecule has 0 aliphatic carbocycles. The molecule has 0 radical (unpaired) electrons. The van der Waals surface area contributed by atoms with Crippen molar-refractivity contribution in [3.63, 3.8) is 0 Å². The smallest absolute Gasteiger partial charge is 0.119 e. The molecule has 0 fully saturated rings. The van der Waals surface area contributed by atoms with Crippen LogP contribution in [0, 0.1) is 0 Å². The molecule has 0 saturated carbocycles. The summed E-state index contributed by atoms with van der Waals surface area (Å²) in [6.45, 7) is 7.06. The summed E-state index contributed by atoms with van der Waals surface area (Å²) in [6, 6.07) is 8.02. The van der Waals surface area contributed by atoms with Crippen molar-refractivity contribution in [1.29, 1.82) is 0 Å². The van der Waals surface area contributed by atoms with Gasteiger partial charge in [0.05, 0.1) is 6.61 Å². The lowest BCUT2D eigenvalue weighted by Gasteiger charge is -2.10. The maximum absolute atomic E-state index is 6.05. The molecule has 2 N–H and O–H groups in total. The zero-order valence-corrected chi connectivity index (χ0v) is 11.1. The average molecular weight is 233 g/mol. The van der Waals surface area contributed by atoms with E-state index in [0.29, 0.717) is 0 Å². The Balaban J connectivity index is 2.58. The van der Waals surface area contributed by atoms with Gasteiger partial charge in [-0.3, -0.25) is 0 Å². The van der Waals surface area contributed by atoms with Crippen molar-refractivity contribution in [1.82, 2.24) is 0 Å². The molecule has 0 saturated heterocycles. The van der Waals surface area contributed by atoms with Crippen molar-refractivity contribution >= 4 is 0 Å². The van der Waals surface area contributed by atoms with E-state index in [0.717, 1.165) is 30.8 Å². The molecule has 0 bridgehead atoms. The monoisotopic (exact) mass is 233 g/mol. The lowest BCUT2D eigenvalue weighted by atomic mass is 10.1. The van der Waals surface area contributed by atoms with Crippen molar-refractivity contribution in [2.24, 2.45) is 5.73 Å². The summed E-state index contributed by atoms with van der Waals surface area (Å²) in [5.74, 6) is 0.923. The first-order chi connectivity index (χ1) is 8.13. The highest BCUT2D eigenvalue weighted by Crippen LogP contribution is 2.18. The third kappa shape index (κ3) is 5.05. The minimum Gasteiger partial charge on any atom is -0.494 e. The summed E-state index contributed by atoms with van der Waals surface area (Å²) in [4.78, 5) is 0. The molecule has 0 aromatic heterocycles. The summed E-state index contributed by atoms with van der Waals surface area (Å²) in [6.07, 6.45) is 4.31. The van der Waals surface area contributed by atoms with Gasteiger partial charge >= 0.3 is 0 Å². The predicted molar refractivity (Wildman–Crippen MR) is 73.2 cm³/mol. The molecule has 0 heterocycles. The fourth-order valence-electron chi connectivity index (χ4n) is 1.58. The highest BCUT2D eigenvalue weighted by molar-refractivity contribution is 5.31. The summed E-state index contributed by atoms with van der Waals surface area (Å²) in [5, 5.41) is 0. The van der Waals surface area contributed by atoms with Crippen molar-refractivity contribution in [2.75, 3.05) is 6.61 Å². The number of unbranched alkanes of at least 4 members (excludes halogenated alkanes) is 1. The van der Waals surface area contributed by atoms with Crippen LogP contribution < -0.4 is 10.5 Å². The predicted octanol–water partition coefficient (Wildman–Crippen LogP) is 3.83. The van der Waals surface area contributed by atoms with Crippen LogP contribution in [-0.2, 0) is 0 Å². The van der Waals surface area contributed by atoms with E-state index in [9.17, 15) is 0 Å². The number of rotatable bonds is 6. The number of allylic oxidation sites excluding steroid dienone is 1. The number of ether oxygens (including phenoxy) is 1. The first kappa shape index (κ1) is 13.8. The van der Waals surface area contributed by atoms with Crippen LogP contribution in [-0.4, -0.2) is 6.61 Å². The van der Waals surface area contributed by atoms with E-state index in [4.69, 9.17) is 10.5 Å². The first-order valence-electron chi connectivity index (χ1n) is 6.27. The molecular weight excluding hydrogens is 210 g/mol. The molecular formula is C15H23NO. The molecule has 0 aliphatic rings. The van der Waals surface area contributed by atoms with Gasteiger partial charge in [-0.25, -0.2) is 0 Å². The zero-order valence-electron chi connectivity index (χ0n) is 11.1. The van der Waals surface area contributed by atoms with Gasteiger partial charge in [0.15, 0.2) is 0 Å². The number of hydrogen-bond acceptors (Lipinski definition) is 2. The van der Waals surface area contributed by atoms with Crippen LogP contribution in [0.25, 0.3) is 0 Å². The molecule has 1 atom stereocenters. The van der Waals surface area contributed by atoms with E-state index in [2.05, 4.69) is 26.8 Å². The molecule has 1 aromatic carbocycles. The molecule has 0 amide bonds. The van der Waals surface area contributed by atoms with Gasteiger partial charge in [0.2, 0.25) is 0 Å². The van der Waals surface area contributed by atoms with Gasteiger partial charge in [-0.2, -0.15) is 0 Å². The Morgan fingerprint density at radius 1 is 1.29 bits per heavy atom. The Kier molecular flexibility index (Phi) is 5.78. The Labute approximate surface area is 104 Å². The van der Waals surface area contributed by atoms with Gasteiger partial charge in [-0.1, -0.05) is 37.1 Å². The second-order valence-electron chi connectivity index (χ2n) is 4.54. The lowest BCUT2D eigenvalue weighted by Crippen LogP contribution is -2.07. The van der Waals surface area contributed by atoms with Crippen LogP contribution in [0.3, 0.4) is 0 Å². The van der Waals surface area contributed by atoms with E-state index in [1.54, 1.807) is 0 Å². The van der Waals surface area contributed by atoms with Crippen LogP contribution >= 0.6 is 0 Å². The fraction of sp³-hybridized carbons (Fsp3) is 0.467. The Morgan fingerprint density at radius 3 is 2.47 bits per heavy atom. The summed E-state index contributed by atoms with van der Waals surface area (Å²) in [7, 11) is 0. The minimum absolute atomic E-state index is 0.0234. The Hall–Kier alpha value is -1.28. The van der Waals surface area contributed by atoms with Crippen LogP contribution in [0.2, 0.25) is 0 Å². The third-order valence-corrected chi connectivity index (χ3v) is 2.54. The van der Waals surface area contributed by atoms with Crippen molar-refractivity contribution in [3.8, 4) is 5.75 Å². The molecule has 2 heteroatoms. The maximum Gasteiger partial charge on any atom is 0.119 e. The van der Waals surface area contributed by atoms with E-state index in [1.807, 2.05) is 24.3 Å². The van der Waals surface area contributed by atoms with E-state index in [1.165, 1.54) is 5.57 Å². The van der Waals surface area contributed by atoms with Gasteiger partial charge in [0.1, 0.15) is 5.75 Å². The summed E-state index contributed by atoms with van der Waals surface area (Å²) >= 11 is 0. The lowest BCUT2D eigenvalue weighted by molar-refractivity contribution is 0.309. The first-order valence-corrected chi connectivity index (χ1v) is 6.27. The highest BCUT2D eigenvalue weighted by atomic mass is 16.5. The Morgan fingerprint density at radius 2 is 1.94 bits per heavy atom. The largest absolute Gasteiger partial charge is 0.494 e. The van der Waals surface area contributed by atoms with E-state index < -0.39 is 0 Å². The molecule has 1 unspecified atom stereocenters. The van der Waals surface area contributed by atoms with Gasteiger partial charge in [-0.05, 0) is 38.0 Å². The average Bonchev–Trinajstić information content (AvgIpc) is 2.29. The minimum atomic E-state index is -0.0234. The number of nitrogens with two attached hydrogens (primary N) is 1. The Bertz CT molecular complexity index is 350. The topological polar surface area (TPSA) is 35.2 Å². The van der Waals surface area contributed by atoms with Crippen LogP contribution in [0.5, 0.6) is 5.75 Å². The third-order valence-electron chi connectivity index (χ3n) is 2.54. The van der Waals surface area contributed by atoms with Crippen LogP contribution in [0.15, 0.2) is 35.9 Å². The van der Waals surface area contributed by atoms with Gasteiger partial charge in [0.25, 0.3) is 0 Å². The molecule has 1 rings (SSSR count). The van der Waals surface area contributed by atoms with E-state index in [-0.39, 0.29) is 6.04 Å². The van der Waals surface area contributed by atoms with Crippen LogP contribution in [0.1, 0.15) is 45.2 Å². The van der Waals surface area contributed by atoms with E-state index >= 15 is 0 Å². The molecule has 17 heavy (non-hydrogen) atoms. The van der Waals surface area contributed by atoms with Crippen molar-refractivity contribution < 1.29 is 4.74 Å². The van der Waals surface area contributed by atoms with Crippen molar-refractivity contribution in [2.45, 2.75) is 39.7 Å². The van der Waals surface area contributed by atoms with Gasteiger partial charge in [0, 0.05) is 6.04 Å². The van der Waals surface area contributed by atoms with Crippen LogP contribution in [0.4, 0.5) is 0 Å². The zero-order chi connectivity index (χ0) is 12.7. The number of benzene rings is 1. The summed E-state index contributed by atoms with van der Waals surface area (Å²) < 4.78 is 5.61. The normalized spacial score (nSPS) is 12.0. The second kappa shape index (κ2) is 7.13. The molecule has 2 nitrogen and oxygen atoms in total. The summed E-state index contributed by atoms with van der Waals surface area (Å²) in [5.41, 5.74) is 8.41. The maximum atomic E-state index is 6.05. The molecule has 0 spiro atoms. The number of hydrogen-bond donors (Lipinski definition) is 1. The second-order valence-corrected chi connectivity index (χ2v) is 4.54. The standard InChI is InChI=1S/C15H23NO/c1-4-5-10-17-14-8-6-13(7-9-14)15(16)11-12(2)3/h6-9,11,15H,4-5,10,16H2,1-3H3. The molecule has 1 aromatic rings. The van der Waals surface area contributed by atoms with Gasteiger partial charge < -0.3 is 10.5 Å². The van der Waals surface area contributed by atoms with Gasteiger partial charge in [-0.15, -0.1) is 0 Å². The quantitative estimate of drug-likeness (QED) is 0.598. The van der Waals surface area contributed by atoms with Crippen molar-refractivity contribution in [3.05, 3.63) is 41.5 Å². The molecule has 0 aliphatic heterocycles.